The Morgan fingerprint density at radius 2 is 1.48 bits per heavy atom. The normalized spacial score (nSPS) is 13.6. The number of hydrogen-bond donors (Lipinski definition) is 0. The summed E-state index contributed by atoms with van der Waals surface area (Å²) in [5, 5.41) is 2.25. The average molecular weight is 1030 g/mol. The van der Waals surface area contributed by atoms with E-state index in [0.717, 1.165) is 56.7 Å². The van der Waals surface area contributed by atoms with Gasteiger partial charge in [-0.25, -0.2) is 4.98 Å². The predicted molar refractivity (Wildman–Crippen MR) is 264 cm³/mol. The van der Waals surface area contributed by atoms with Crippen LogP contribution in [0.2, 0.25) is 19.6 Å². The van der Waals surface area contributed by atoms with Gasteiger partial charge in [-0.15, -0.1) is 53.6 Å². The molecule has 0 bridgehead atoms. The van der Waals surface area contributed by atoms with Crippen molar-refractivity contribution in [3.63, 3.8) is 0 Å². The van der Waals surface area contributed by atoms with E-state index in [4.69, 9.17) is 17.6 Å². The van der Waals surface area contributed by atoms with Crippen molar-refractivity contribution in [1.29, 1.82) is 0 Å². The van der Waals surface area contributed by atoms with E-state index in [1.807, 2.05) is 60.7 Å². The molecule has 4 heterocycles. The van der Waals surface area contributed by atoms with Crippen LogP contribution in [-0.4, -0.2) is 27.6 Å². The molecule has 0 atom stereocenters. The zero-order valence-corrected chi connectivity index (χ0v) is 40.9. The summed E-state index contributed by atoms with van der Waals surface area (Å²) in [5.41, 5.74) is 11.4. The average Bonchev–Trinajstić information content (AvgIpc) is 3.86. The smallest absolute Gasteiger partial charge is 0.216 e. The van der Waals surface area contributed by atoms with Gasteiger partial charge in [0.25, 0.3) is 0 Å². The molecule has 1 radical (unpaired) electrons. The van der Waals surface area contributed by atoms with Gasteiger partial charge < -0.3 is 14.0 Å². The van der Waals surface area contributed by atoms with Crippen LogP contribution in [0.4, 0.5) is 0 Å². The van der Waals surface area contributed by atoms with Crippen LogP contribution in [0.5, 0.6) is 0 Å². The first kappa shape index (κ1) is 38.0. The van der Waals surface area contributed by atoms with E-state index in [2.05, 4.69) is 130 Å². The molecule has 0 fully saturated rings. The molecule has 323 valence electrons. The van der Waals surface area contributed by atoms with Crippen LogP contribution in [0.3, 0.4) is 0 Å². The van der Waals surface area contributed by atoms with Crippen LogP contribution in [0, 0.1) is 31.8 Å². The van der Waals surface area contributed by atoms with Crippen molar-refractivity contribution < 1.29 is 32.7 Å². The second kappa shape index (κ2) is 18.7. The van der Waals surface area contributed by atoms with Crippen LogP contribution < -0.4 is 5.19 Å². The van der Waals surface area contributed by atoms with Gasteiger partial charge in [0.05, 0.1) is 30.5 Å². The number of aryl methyl sites for hydroxylation is 2. The van der Waals surface area contributed by atoms with Gasteiger partial charge in [0.2, 0.25) is 5.71 Å². The first-order chi connectivity index (χ1) is 32.1. The van der Waals surface area contributed by atoms with Crippen LogP contribution in [-0.2, 0) is 26.5 Å². The molecule has 0 unspecified atom stereocenters. The summed E-state index contributed by atoms with van der Waals surface area (Å²) >= 11 is 0. The fourth-order valence-corrected chi connectivity index (χ4v) is 9.98. The monoisotopic (exact) mass is 1030 g/mol. The molecule has 0 N–H and O–H groups in total. The van der Waals surface area contributed by atoms with Crippen molar-refractivity contribution in [1.82, 2.24) is 19.5 Å². The molecule has 0 aliphatic carbocycles. The number of para-hydroxylation sites is 2. The molecule has 5 aromatic carbocycles. The maximum Gasteiger partial charge on any atom is 0.216 e. The van der Waals surface area contributed by atoms with Gasteiger partial charge in [-0.2, -0.15) is 0 Å². The van der Waals surface area contributed by atoms with E-state index < -0.39 is 21.8 Å². The van der Waals surface area contributed by atoms with Gasteiger partial charge in [0.15, 0.2) is 0 Å². The Kier molecular flexibility index (Phi) is 11.3. The third kappa shape index (κ3) is 9.29. The molecule has 0 amide bonds. The predicted octanol–water partition coefficient (Wildman–Crippen LogP) is 14.6. The van der Waals surface area contributed by atoms with Crippen LogP contribution in [0.25, 0.3) is 72.6 Å². The standard InChI is InChI=1S/C38H34N3O.C18H24NSi.Ir/c1-22(2)30-20-27(26-12-8-7-9-13-26)21-31(23(3)4)35(30)41-33-15-11-10-14-32(33)40-37(41)29-18-16-24(5)34-28-19-17-25(6)39-38(28)42-36(29)34;1-14(2)11-16-12-17(15-9-7-6-8-10-15)19-13-18(16)20(3,4)5;/h7-17,19-23H,1-6H3;6-9,12-14H,11H2,1-5H3;/q2*-1;/i5D3,6D3;;. The summed E-state index contributed by atoms with van der Waals surface area (Å²) in [5.74, 6) is 1.49. The molecule has 9 rings (SSSR count). The molecule has 63 heavy (non-hydrogen) atoms. The third-order valence-corrected chi connectivity index (χ3v) is 13.4. The molecular formula is C56H58IrN4OSi-2. The minimum absolute atomic E-state index is 0. The molecule has 0 spiro atoms. The Balaban J connectivity index is 0.000000281. The van der Waals surface area contributed by atoms with E-state index in [1.165, 1.54) is 22.9 Å². The fraction of sp³-hybridized carbons (Fsp3) is 0.268. The second-order valence-electron chi connectivity index (χ2n) is 18.2. The minimum atomic E-state index is -2.49. The number of imidazole rings is 1. The number of pyridine rings is 2. The minimum Gasteiger partial charge on any atom is -0.486 e. The Labute approximate surface area is 396 Å². The number of benzene rings is 5. The van der Waals surface area contributed by atoms with Crippen LogP contribution in [0.1, 0.15) is 89.6 Å². The van der Waals surface area contributed by atoms with Gasteiger partial charge in [-0.05, 0) is 101 Å². The third-order valence-electron chi connectivity index (χ3n) is 11.4. The topological polar surface area (TPSA) is 56.7 Å². The van der Waals surface area contributed by atoms with Gasteiger partial charge in [0, 0.05) is 51.3 Å². The summed E-state index contributed by atoms with van der Waals surface area (Å²) in [7, 11) is -1.34. The van der Waals surface area contributed by atoms with E-state index in [-0.39, 0.29) is 54.5 Å². The van der Waals surface area contributed by atoms with E-state index >= 15 is 0 Å². The second-order valence-corrected chi connectivity index (χ2v) is 23.3. The van der Waals surface area contributed by atoms with E-state index in [1.54, 1.807) is 6.07 Å². The van der Waals surface area contributed by atoms with Crippen molar-refractivity contribution in [2.24, 2.45) is 5.92 Å². The van der Waals surface area contributed by atoms with Gasteiger partial charge in [-0.1, -0.05) is 133 Å². The number of hydrogen-bond acceptors (Lipinski definition) is 4. The molecule has 0 saturated heterocycles. The molecule has 9 aromatic rings. The van der Waals surface area contributed by atoms with E-state index in [9.17, 15) is 0 Å². The fourth-order valence-electron chi connectivity index (χ4n) is 8.39. The Morgan fingerprint density at radius 3 is 2.13 bits per heavy atom. The summed E-state index contributed by atoms with van der Waals surface area (Å²) in [4.78, 5) is 14.1. The summed E-state index contributed by atoms with van der Waals surface area (Å²) in [6.07, 6.45) is 3.24. The number of nitrogens with zero attached hydrogens (tertiary/aromatic N) is 4. The SMILES string of the molecule is CC(C)Cc1cc(-c2[c-]cccc2)ncc1[Si](C)(C)C.[2H]C([2H])([2H])c1ccc2c(n1)oc1c(-c3nc4ccccc4n3-c3c(C(C)C)cc(-c4ccccc4)cc3C(C)C)[c-]cc(C([2H])([2H])[2H])c12.[Ir]. The number of rotatable bonds is 9. The summed E-state index contributed by atoms with van der Waals surface area (Å²) in [6, 6.07) is 44.0. The molecule has 0 aliphatic rings. The number of furan rings is 1. The maximum absolute atomic E-state index is 8.33. The number of fused-ring (bicyclic) bond motifs is 4. The zero-order chi connectivity index (χ0) is 48.9. The van der Waals surface area contributed by atoms with Crippen LogP contribution >= 0.6 is 0 Å². The summed E-state index contributed by atoms with van der Waals surface area (Å²) in [6.45, 7) is 15.5. The summed E-state index contributed by atoms with van der Waals surface area (Å²) < 4.78 is 57.1. The van der Waals surface area contributed by atoms with Gasteiger partial charge in [0.1, 0.15) is 0 Å². The number of aromatic nitrogens is 4. The molecule has 5 nitrogen and oxygen atoms in total. The first-order valence-corrected chi connectivity index (χ1v) is 25.1. The van der Waals surface area contributed by atoms with Gasteiger partial charge >= 0.3 is 0 Å². The Morgan fingerprint density at radius 1 is 0.762 bits per heavy atom. The maximum atomic E-state index is 8.33. The van der Waals surface area contributed by atoms with Crippen molar-refractivity contribution >= 4 is 46.4 Å². The zero-order valence-electron chi connectivity index (χ0n) is 43.5. The molecule has 7 heteroatoms. The molecule has 0 saturated carbocycles. The Bertz CT molecular complexity index is 3230. The first-order valence-electron chi connectivity index (χ1n) is 24.6. The van der Waals surface area contributed by atoms with Gasteiger partial charge in [-0.3, -0.25) is 4.98 Å². The van der Waals surface area contributed by atoms with E-state index in [0.29, 0.717) is 28.1 Å². The quantitative estimate of drug-likeness (QED) is 0.107. The Hall–Kier alpha value is -5.46. The largest absolute Gasteiger partial charge is 0.486 e. The van der Waals surface area contributed by atoms with Crippen molar-refractivity contribution in [3.05, 3.63) is 162 Å². The van der Waals surface area contributed by atoms with Crippen LogP contribution in [0.15, 0.2) is 126 Å². The molecule has 0 aliphatic heterocycles. The molecule has 4 aromatic heterocycles. The van der Waals surface area contributed by atoms with Crippen molar-refractivity contribution in [2.75, 3.05) is 0 Å². The molecular weight excluding hydrogens is 965 g/mol. The van der Waals surface area contributed by atoms with Crippen molar-refractivity contribution in [2.45, 2.75) is 93.1 Å². The van der Waals surface area contributed by atoms with Crippen molar-refractivity contribution in [3.8, 4) is 39.5 Å².